The fourth-order valence-electron chi connectivity index (χ4n) is 2.34. The molecule has 0 aromatic heterocycles. The quantitative estimate of drug-likeness (QED) is 0.655. The van der Waals surface area contributed by atoms with E-state index in [1.807, 2.05) is 13.8 Å². The van der Waals surface area contributed by atoms with E-state index in [0.29, 0.717) is 5.02 Å². The highest BCUT2D eigenvalue weighted by molar-refractivity contribution is 6.35. The summed E-state index contributed by atoms with van der Waals surface area (Å²) in [5.74, 6) is 0.304. The zero-order valence-corrected chi connectivity index (χ0v) is 10.3. The van der Waals surface area contributed by atoms with Crippen LogP contribution in [0.5, 0.6) is 0 Å². The van der Waals surface area contributed by atoms with Crippen molar-refractivity contribution < 1.29 is 4.79 Å². The van der Waals surface area contributed by atoms with E-state index < -0.39 is 0 Å². The van der Waals surface area contributed by atoms with Crippen LogP contribution in [0.25, 0.3) is 0 Å². The van der Waals surface area contributed by atoms with Gasteiger partial charge in [0, 0.05) is 11.5 Å². The number of carbonyl (C=O) groups is 1. The van der Waals surface area contributed by atoms with Gasteiger partial charge in [0.15, 0.2) is 5.78 Å². The second-order valence-corrected chi connectivity index (χ2v) is 4.89. The topological polar surface area (TPSA) is 17.1 Å². The summed E-state index contributed by atoms with van der Waals surface area (Å²) in [6, 6.07) is 0. The Morgan fingerprint density at radius 1 is 1.13 bits per heavy atom. The standard InChI is InChI=1S/C13H15ClO/c1-6-5-10-8(3)7(2)9(4)12(14)11(10)13(6)15/h6H,5H2,1-4H3. The number of Topliss-reactive ketones (excluding diaryl/α,β-unsaturated/α-hetero) is 1. The largest absolute Gasteiger partial charge is 0.294 e. The molecule has 0 fully saturated rings. The van der Waals surface area contributed by atoms with Crippen molar-refractivity contribution in [1.82, 2.24) is 0 Å². The second-order valence-electron chi connectivity index (χ2n) is 4.51. The Morgan fingerprint density at radius 3 is 2.33 bits per heavy atom. The molecule has 1 aliphatic rings. The van der Waals surface area contributed by atoms with E-state index in [2.05, 4.69) is 13.8 Å². The summed E-state index contributed by atoms with van der Waals surface area (Å²) >= 11 is 6.26. The van der Waals surface area contributed by atoms with Gasteiger partial charge in [0.2, 0.25) is 0 Å². The minimum absolute atomic E-state index is 0.0948. The van der Waals surface area contributed by atoms with Crippen molar-refractivity contribution in [3.8, 4) is 0 Å². The first-order valence-corrected chi connectivity index (χ1v) is 5.65. The lowest BCUT2D eigenvalue weighted by Crippen LogP contribution is -2.04. The number of halogens is 1. The Labute approximate surface area is 95.4 Å². The van der Waals surface area contributed by atoms with Crippen LogP contribution in [0, 0.1) is 26.7 Å². The lowest BCUT2D eigenvalue weighted by molar-refractivity contribution is 0.0946. The number of hydrogen-bond acceptors (Lipinski definition) is 1. The number of hydrogen-bond donors (Lipinski definition) is 0. The normalized spacial score (nSPS) is 19.5. The van der Waals surface area contributed by atoms with Gasteiger partial charge in [-0.2, -0.15) is 0 Å². The maximum Gasteiger partial charge on any atom is 0.167 e. The Morgan fingerprint density at radius 2 is 1.73 bits per heavy atom. The zero-order chi connectivity index (χ0) is 11.3. The van der Waals surface area contributed by atoms with Gasteiger partial charge in [-0.3, -0.25) is 4.79 Å². The van der Waals surface area contributed by atoms with Crippen molar-refractivity contribution >= 4 is 17.4 Å². The summed E-state index contributed by atoms with van der Waals surface area (Å²) in [7, 11) is 0. The van der Waals surface area contributed by atoms with Crippen LogP contribution in [0.3, 0.4) is 0 Å². The molecule has 1 aromatic rings. The molecule has 80 valence electrons. The summed E-state index contributed by atoms with van der Waals surface area (Å²) < 4.78 is 0. The van der Waals surface area contributed by atoms with Gasteiger partial charge in [0.05, 0.1) is 5.02 Å². The highest BCUT2D eigenvalue weighted by Crippen LogP contribution is 2.38. The molecule has 1 nitrogen and oxygen atoms in total. The van der Waals surface area contributed by atoms with Crippen molar-refractivity contribution in [2.75, 3.05) is 0 Å². The first-order valence-electron chi connectivity index (χ1n) is 5.27. The number of benzene rings is 1. The van der Waals surface area contributed by atoms with Crippen LogP contribution >= 0.6 is 11.6 Å². The summed E-state index contributed by atoms with van der Waals surface area (Å²) in [4.78, 5) is 11.9. The predicted octanol–water partition coefficient (Wildman–Crippen LogP) is 3.64. The maximum absolute atomic E-state index is 11.9. The van der Waals surface area contributed by atoms with E-state index in [1.54, 1.807) is 0 Å². The molecule has 1 unspecified atom stereocenters. The van der Waals surface area contributed by atoms with E-state index in [1.165, 1.54) is 16.7 Å². The molecule has 15 heavy (non-hydrogen) atoms. The molecule has 0 radical (unpaired) electrons. The summed E-state index contributed by atoms with van der Waals surface area (Å²) in [6.45, 7) is 8.12. The average Bonchev–Trinajstić information content (AvgIpc) is 2.50. The van der Waals surface area contributed by atoms with E-state index in [4.69, 9.17) is 11.6 Å². The molecular formula is C13H15ClO. The monoisotopic (exact) mass is 222 g/mol. The molecule has 0 aliphatic heterocycles. The van der Waals surface area contributed by atoms with Gasteiger partial charge >= 0.3 is 0 Å². The maximum atomic E-state index is 11.9. The minimum atomic E-state index is 0.0948. The molecular weight excluding hydrogens is 208 g/mol. The number of rotatable bonds is 0. The lowest BCUT2D eigenvalue weighted by atomic mass is 9.95. The smallest absolute Gasteiger partial charge is 0.167 e. The van der Waals surface area contributed by atoms with Gasteiger partial charge in [0.25, 0.3) is 0 Å². The van der Waals surface area contributed by atoms with Crippen molar-refractivity contribution in [2.45, 2.75) is 34.1 Å². The molecule has 0 heterocycles. The van der Waals surface area contributed by atoms with E-state index in [-0.39, 0.29) is 11.7 Å². The zero-order valence-electron chi connectivity index (χ0n) is 9.57. The van der Waals surface area contributed by atoms with E-state index in [9.17, 15) is 4.79 Å². The Kier molecular flexibility index (Phi) is 2.38. The Hall–Kier alpha value is -0.820. The Balaban J connectivity index is 2.81. The van der Waals surface area contributed by atoms with Gasteiger partial charge in [-0.05, 0) is 49.4 Å². The number of carbonyl (C=O) groups excluding carboxylic acids is 1. The molecule has 1 atom stereocenters. The fourth-order valence-corrected chi connectivity index (χ4v) is 2.69. The van der Waals surface area contributed by atoms with Gasteiger partial charge < -0.3 is 0 Å². The minimum Gasteiger partial charge on any atom is -0.294 e. The molecule has 0 amide bonds. The highest BCUT2D eigenvalue weighted by atomic mass is 35.5. The van der Waals surface area contributed by atoms with Crippen molar-refractivity contribution in [2.24, 2.45) is 5.92 Å². The van der Waals surface area contributed by atoms with Gasteiger partial charge in [0.1, 0.15) is 0 Å². The van der Waals surface area contributed by atoms with Gasteiger partial charge in [-0.15, -0.1) is 0 Å². The van der Waals surface area contributed by atoms with Crippen molar-refractivity contribution in [3.63, 3.8) is 0 Å². The first-order chi connectivity index (χ1) is 6.95. The third-order valence-electron chi connectivity index (χ3n) is 3.63. The molecule has 0 spiro atoms. The molecule has 0 N–H and O–H groups in total. The predicted molar refractivity (Wildman–Crippen MR) is 62.9 cm³/mol. The van der Waals surface area contributed by atoms with Crippen LogP contribution in [-0.2, 0) is 6.42 Å². The third kappa shape index (κ3) is 1.33. The van der Waals surface area contributed by atoms with E-state index in [0.717, 1.165) is 17.5 Å². The fraction of sp³-hybridized carbons (Fsp3) is 0.462. The van der Waals surface area contributed by atoms with E-state index >= 15 is 0 Å². The number of fused-ring (bicyclic) bond motifs is 1. The SMILES string of the molecule is Cc1c(C)c(Cl)c2c(c1C)CC(C)C2=O. The molecule has 2 rings (SSSR count). The third-order valence-corrected chi connectivity index (χ3v) is 4.10. The lowest BCUT2D eigenvalue weighted by Gasteiger charge is -2.12. The molecule has 0 bridgehead atoms. The molecule has 0 saturated heterocycles. The van der Waals surface area contributed by atoms with Crippen molar-refractivity contribution in [1.29, 1.82) is 0 Å². The molecule has 1 aromatic carbocycles. The summed E-state index contributed by atoms with van der Waals surface area (Å²) in [5.41, 5.74) is 5.46. The van der Waals surface area contributed by atoms with Crippen LogP contribution in [-0.4, -0.2) is 5.78 Å². The van der Waals surface area contributed by atoms with Gasteiger partial charge in [-0.25, -0.2) is 0 Å². The highest BCUT2D eigenvalue weighted by Gasteiger charge is 2.32. The number of ketones is 1. The molecule has 2 heteroatoms. The van der Waals surface area contributed by atoms with Crippen LogP contribution in [0.1, 0.15) is 39.5 Å². The van der Waals surface area contributed by atoms with Crippen LogP contribution < -0.4 is 0 Å². The van der Waals surface area contributed by atoms with Gasteiger partial charge in [-0.1, -0.05) is 18.5 Å². The Bertz CT molecular complexity index is 460. The van der Waals surface area contributed by atoms with Crippen LogP contribution in [0.2, 0.25) is 5.02 Å². The summed E-state index contributed by atoms with van der Waals surface area (Å²) in [5, 5.41) is 0.669. The first kappa shape index (κ1) is 10.7. The summed E-state index contributed by atoms with van der Waals surface area (Å²) in [6.07, 6.45) is 0.848. The van der Waals surface area contributed by atoms with Crippen LogP contribution in [0.4, 0.5) is 0 Å². The molecule has 1 aliphatic carbocycles. The van der Waals surface area contributed by atoms with Crippen LogP contribution in [0.15, 0.2) is 0 Å². The molecule has 0 saturated carbocycles. The average molecular weight is 223 g/mol. The van der Waals surface area contributed by atoms with Crippen molar-refractivity contribution in [3.05, 3.63) is 32.8 Å². The second kappa shape index (κ2) is 3.34.